The third-order valence-electron chi connectivity index (χ3n) is 4.35. The molecule has 5 nitrogen and oxygen atoms in total. The molecule has 2 aliphatic heterocycles. The van der Waals surface area contributed by atoms with E-state index < -0.39 is 30.0 Å². The number of hydrogen-bond acceptors (Lipinski definition) is 3. The Balaban J connectivity index is 1.84. The molecule has 0 aromatic heterocycles. The Hall–Kier alpha value is -2.14. The number of carboxylic acid groups (broad SMARTS) is 1. The summed E-state index contributed by atoms with van der Waals surface area (Å²) in [5, 5.41) is 12.2. The summed E-state index contributed by atoms with van der Waals surface area (Å²) in [6.45, 7) is 3.89. The minimum atomic E-state index is -0.993. The van der Waals surface area contributed by atoms with Crippen molar-refractivity contribution in [3.05, 3.63) is 41.5 Å². The van der Waals surface area contributed by atoms with Gasteiger partial charge in [0.1, 0.15) is 5.92 Å². The van der Waals surface area contributed by atoms with Crippen molar-refractivity contribution in [1.82, 2.24) is 0 Å². The van der Waals surface area contributed by atoms with E-state index in [1.165, 1.54) is 0 Å². The number of amides is 1. The maximum absolute atomic E-state index is 12.5. The second kappa shape index (κ2) is 5.00. The normalized spacial score (nSPS) is 29.6. The van der Waals surface area contributed by atoms with Crippen molar-refractivity contribution in [1.29, 1.82) is 0 Å². The van der Waals surface area contributed by atoms with Crippen LogP contribution in [0.1, 0.15) is 11.1 Å². The molecule has 2 heterocycles. The van der Waals surface area contributed by atoms with E-state index in [1.807, 2.05) is 32.0 Å². The first-order valence-electron chi connectivity index (χ1n) is 6.92. The van der Waals surface area contributed by atoms with E-state index in [1.54, 1.807) is 12.2 Å². The molecule has 0 spiro atoms. The van der Waals surface area contributed by atoms with Gasteiger partial charge in [0, 0.05) is 5.69 Å². The highest BCUT2D eigenvalue weighted by Crippen LogP contribution is 2.40. The lowest BCUT2D eigenvalue weighted by Gasteiger charge is -2.21. The lowest BCUT2D eigenvalue weighted by atomic mass is 9.82. The Labute approximate surface area is 122 Å². The van der Waals surface area contributed by atoms with Gasteiger partial charge in [-0.25, -0.2) is 0 Å². The average Bonchev–Trinajstić information content (AvgIpc) is 3.04. The minimum Gasteiger partial charge on any atom is -0.481 e. The van der Waals surface area contributed by atoms with Gasteiger partial charge in [-0.2, -0.15) is 0 Å². The van der Waals surface area contributed by atoms with Crippen LogP contribution in [-0.4, -0.2) is 29.2 Å². The first kappa shape index (κ1) is 13.8. The van der Waals surface area contributed by atoms with E-state index in [0.29, 0.717) is 0 Å². The Bertz CT molecular complexity index is 637. The standard InChI is InChI=1S/C16H17NO4/c1-8-4-3-5-10(9(8)2)17-15(18)13-11-6-7-12(21-11)14(13)16(19)20/h3-7,11-14H,1-2H3,(H,17,18)(H,19,20)/t11-,12-,13+,14-/m1/s1. The van der Waals surface area contributed by atoms with Crippen LogP contribution >= 0.6 is 0 Å². The lowest BCUT2D eigenvalue weighted by Crippen LogP contribution is -2.39. The number of nitrogens with one attached hydrogen (secondary N) is 1. The van der Waals surface area contributed by atoms with Crippen molar-refractivity contribution in [2.24, 2.45) is 11.8 Å². The van der Waals surface area contributed by atoms with Gasteiger partial charge in [0.2, 0.25) is 5.91 Å². The number of ether oxygens (including phenoxy) is 1. The number of anilines is 1. The first-order chi connectivity index (χ1) is 9.99. The maximum atomic E-state index is 12.5. The van der Waals surface area contributed by atoms with Crippen LogP contribution in [0, 0.1) is 25.7 Å². The molecule has 1 aromatic rings. The molecule has 1 aromatic carbocycles. The van der Waals surface area contributed by atoms with Crippen LogP contribution < -0.4 is 5.32 Å². The number of aliphatic carboxylic acids is 1. The van der Waals surface area contributed by atoms with Gasteiger partial charge >= 0.3 is 5.97 Å². The summed E-state index contributed by atoms with van der Waals surface area (Å²) in [5.74, 6) is -2.79. The molecule has 0 aliphatic carbocycles. The van der Waals surface area contributed by atoms with Gasteiger partial charge in [-0.1, -0.05) is 24.3 Å². The van der Waals surface area contributed by atoms with Gasteiger partial charge in [0.15, 0.2) is 0 Å². The second-order valence-electron chi connectivity index (χ2n) is 5.58. The van der Waals surface area contributed by atoms with Crippen LogP contribution in [-0.2, 0) is 14.3 Å². The monoisotopic (exact) mass is 287 g/mol. The summed E-state index contributed by atoms with van der Waals surface area (Å²) in [6, 6.07) is 5.65. The average molecular weight is 287 g/mol. The molecule has 2 bridgehead atoms. The summed E-state index contributed by atoms with van der Waals surface area (Å²) >= 11 is 0. The van der Waals surface area contributed by atoms with Crippen molar-refractivity contribution in [3.63, 3.8) is 0 Å². The van der Waals surface area contributed by atoms with Crippen molar-refractivity contribution < 1.29 is 19.4 Å². The van der Waals surface area contributed by atoms with Gasteiger partial charge in [-0.3, -0.25) is 9.59 Å². The predicted octanol–water partition coefficient (Wildman–Crippen LogP) is 1.90. The highest BCUT2D eigenvalue weighted by atomic mass is 16.5. The van der Waals surface area contributed by atoms with E-state index in [4.69, 9.17) is 4.74 Å². The SMILES string of the molecule is Cc1cccc(NC(=O)[C@@H]2[C@H](C(=O)O)[C@H]3C=C[C@H]2O3)c1C. The fraction of sp³-hybridized carbons (Fsp3) is 0.375. The Morgan fingerprint density at radius 3 is 2.48 bits per heavy atom. The van der Waals surface area contributed by atoms with Crippen molar-refractivity contribution in [2.45, 2.75) is 26.1 Å². The molecule has 3 rings (SSSR count). The second-order valence-corrected chi connectivity index (χ2v) is 5.58. The smallest absolute Gasteiger partial charge is 0.310 e. The van der Waals surface area contributed by atoms with Crippen LogP contribution in [0.4, 0.5) is 5.69 Å². The number of carbonyl (C=O) groups excluding carboxylic acids is 1. The summed E-state index contributed by atoms with van der Waals surface area (Å²) in [5.41, 5.74) is 2.78. The molecule has 0 radical (unpaired) electrons. The van der Waals surface area contributed by atoms with E-state index in [2.05, 4.69) is 5.32 Å². The molecule has 1 fully saturated rings. The summed E-state index contributed by atoms with van der Waals surface area (Å²) in [4.78, 5) is 23.9. The molecule has 0 saturated carbocycles. The maximum Gasteiger partial charge on any atom is 0.310 e. The Kier molecular flexibility index (Phi) is 3.29. The van der Waals surface area contributed by atoms with Gasteiger partial charge in [-0.05, 0) is 31.0 Å². The van der Waals surface area contributed by atoms with Crippen LogP contribution in [0.25, 0.3) is 0 Å². The third kappa shape index (κ3) is 2.23. The van der Waals surface area contributed by atoms with E-state index in [9.17, 15) is 14.7 Å². The molecule has 1 amide bonds. The molecule has 110 valence electrons. The third-order valence-corrected chi connectivity index (χ3v) is 4.35. The number of aryl methyl sites for hydroxylation is 1. The van der Waals surface area contributed by atoms with Crippen molar-refractivity contribution in [3.8, 4) is 0 Å². The van der Waals surface area contributed by atoms with Crippen molar-refractivity contribution >= 4 is 17.6 Å². The fourth-order valence-electron chi connectivity index (χ4n) is 3.02. The van der Waals surface area contributed by atoms with E-state index in [0.717, 1.165) is 16.8 Å². The Morgan fingerprint density at radius 1 is 1.14 bits per heavy atom. The first-order valence-corrected chi connectivity index (χ1v) is 6.92. The number of carboxylic acids is 1. The van der Waals surface area contributed by atoms with Gasteiger partial charge < -0.3 is 15.2 Å². The molecule has 0 unspecified atom stereocenters. The van der Waals surface area contributed by atoms with Crippen LogP contribution in [0.2, 0.25) is 0 Å². The number of hydrogen-bond donors (Lipinski definition) is 2. The summed E-state index contributed by atoms with van der Waals surface area (Å²) in [7, 11) is 0. The lowest BCUT2D eigenvalue weighted by molar-refractivity contribution is -0.145. The highest BCUT2D eigenvalue weighted by molar-refractivity contribution is 5.97. The zero-order chi connectivity index (χ0) is 15.1. The highest BCUT2D eigenvalue weighted by Gasteiger charge is 2.53. The Morgan fingerprint density at radius 2 is 1.81 bits per heavy atom. The molecular formula is C16H17NO4. The molecule has 4 atom stereocenters. The summed E-state index contributed by atoms with van der Waals surface area (Å²) in [6.07, 6.45) is 2.56. The van der Waals surface area contributed by atoms with Gasteiger partial charge in [0.25, 0.3) is 0 Å². The number of fused-ring (bicyclic) bond motifs is 2. The van der Waals surface area contributed by atoms with Crippen LogP contribution in [0.15, 0.2) is 30.4 Å². The van der Waals surface area contributed by atoms with E-state index >= 15 is 0 Å². The molecule has 21 heavy (non-hydrogen) atoms. The molecule has 5 heteroatoms. The van der Waals surface area contributed by atoms with E-state index in [-0.39, 0.29) is 5.91 Å². The van der Waals surface area contributed by atoms with Gasteiger partial charge in [-0.15, -0.1) is 0 Å². The number of carbonyl (C=O) groups is 2. The van der Waals surface area contributed by atoms with Gasteiger partial charge in [0.05, 0.1) is 18.1 Å². The molecule has 2 aliphatic rings. The zero-order valence-corrected chi connectivity index (χ0v) is 11.9. The largest absolute Gasteiger partial charge is 0.481 e. The van der Waals surface area contributed by atoms with Crippen LogP contribution in [0.3, 0.4) is 0 Å². The number of rotatable bonds is 3. The molecular weight excluding hydrogens is 270 g/mol. The zero-order valence-electron chi connectivity index (χ0n) is 11.9. The molecule has 2 N–H and O–H groups in total. The van der Waals surface area contributed by atoms with Crippen LogP contribution in [0.5, 0.6) is 0 Å². The minimum absolute atomic E-state index is 0.298. The van der Waals surface area contributed by atoms with Crippen molar-refractivity contribution in [2.75, 3.05) is 5.32 Å². The predicted molar refractivity (Wildman–Crippen MR) is 77.0 cm³/mol. The topological polar surface area (TPSA) is 75.6 Å². The number of benzene rings is 1. The molecule has 1 saturated heterocycles. The fourth-order valence-corrected chi connectivity index (χ4v) is 3.02. The quantitative estimate of drug-likeness (QED) is 0.833. The summed E-state index contributed by atoms with van der Waals surface area (Å²) < 4.78 is 5.52.